The van der Waals surface area contributed by atoms with Gasteiger partial charge in [-0.1, -0.05) is 0 Å². The summed E-state index contributed by atoms with van der Waals surface area (Å²) in [6.45, 7) is 0.831. The number of nitrogens with two attached hydrogens (primary N) is 1. The molecule has 0 saturated heterocycles. The maximum atomic E-state index is 12.2. The van der Waals surface area contributed by atoms with E-state index >= 15 is 0 Å². The second kappa shape index (κ2) is 4.52. The lowest BCUT2D eigenvalue weighted by molar-refractivity contribution is -0.281. The molecule has 1 heterocycles. The summed E-state index contributed by atoms with van der Waals surface area (Å²) in [5.41, 5.74) is 4.98. The van der Waals surface area contributed by atoms with Crippen molar-refractivity contribution in [3.05, 3.63) is 12.4 Å². The van der Waals surface area contributed by atoms with Gasteiger partial charge in [0.25, 0.3) is 0 Å². The number of halogens is 3. The van der Waals surface area contributed by atoms with Gasteiger partial charge in [0.05, 0.1) is 0 Å². The molecule has 1 aliphatic heterocycles. The number of aliphatic imine (C=N–C) groups is 1. The van der Waals surface area contributed by atoms with Gasteiger partial charge >= 0.3 is 6.18 Å². The summed E-state index contributed by atoms with van der Waals surface area (Å²) in [6, 6.07) is -1.13. The van der Waals surface area contributed by atoms with Crippen molar-refractivity contribution in [2.75, 3.05) is 0 Å². The fourth-order valence-corrected chi connectivity index (χ4v) is 0.936. The Morgan fingerprint density at radius 1 is 1.62 bits per heavy atom. The van der Waals surface area contributed by atoms with Crippen LogP contribution in [-0.2, 0) is 9.63 Å². The highest BCUT2D eigenvalue weighted by Gasteiger charge is 2.40. The molecule has 0 aliphatic carbocycles. The number of hydrogen-bond donors (Lipinski definition) is 1. The van der Waals surface area contributed by atoms with Crippen molar-refractivity contribution in [1.82, 2.24) is 5.06 Å². The van der Waals surface area contributed by atoms with Crippen LogP contribution in [0.3, 0.4) is 0 Å². The normalized spacial score (nSPS) is 22.2. The molecule has 1 rings (SSSR count). The maximum absolute atomic E-state index is 12.2. The molecule has 0 saturated carbocycles. The second-order valence-electron chi connectivity index (χ2n) is 3.09. The number of nitrogens with zero attached hydrogens (tertiary/aromatic N) is 2. The molecule has 0 radical (unpaired) electrons. The third-order valence-corrected chi connectivity index (χ3v) is 1.83. The summed E-state index contributed by atoms with van der Waals surface area (Å²) in [7, 11) is 0. The number of amides is 1. The molecular formula is C8H10F3N3O2. The van der Waals surface area contributed by atoms with Crippen LogP contribution in [0.15, 0.2) is 17.4 Å². The average Bonchev–Trinajstić information content (AvgIpc) is 2.16. The van der Waals surface area contributed by atoms with E-state index in [1.165, 1.54) is 6.20 Å². The summed E-state index contributed by atoms with van der Waals surface area (Å²) >= 11 is 0. The molecule has 0 aromatic rings. The van der Waals surface area contributed by atoms with Crippen LogP contribution < -0.4 is 5.73 Å². The summed E-state index contributed by atoms with van der Waals surface area (Å²) < 4.78 is 36.6. The molecule has 16 heavy (non-hydrogen) atoms. The van der Waals surface area contributed by atoms with Crippen molar-refractivity contribution in [3.8, 4) is 0 Å². The second-order valence-corrected chi connectivity index (χ2v) is 3.09. The van der Waals surface area contributed by atoms with Gasteiger partial charge in [0.15, 0.2) is 12.1 Å². The molecule has 8 heteroatoms. The van der Waals surface area contributed by atoms with E-state index in [2.05, 4.69) is 9.83 Å². The Morgan fingerprint density at radius 2 is 2.25 bits per heavy atom. The van der Waals surface area contributed by atoms with E-state index in [4.69, 9.17) is 5.73 Å². The minimum Gasteiger partial charge on any atom is -0.367 e. The first-order valence-corrected chi connectivity index (χ1v) is 4.33. The van der Waals surface area contributed by atoms with E-state index in [0.29, 0.717) is 0 Å². The Morgan fingerprint density at radius 3 is 2.75 bits per heavy atom. The Hall–Kier alpha value is -1.57. The molecule has 1 amide bonds. The molecule has 2 N–H and O–H groups in total. The highest BCUT2D eigenvalue weighted by Crippen LogP contribution is 2.24. The first kappa shape index (κ1) is 12.5. The minimum atomic E-state index is -4.51. The van der Waals surface area contributed by atoms with Gasteiger partial charge in [-0.3, -0.25) is 14.6 Å². The molecule has 2 atom stereocenters. The number of hydrogen-bond acceptors (Lipinski definition) is 4. The highest BCUT2D eigenvalue weighted by molar-refractivity contribution is 5.97. The van der Waals surface area contributed by atoms with Gasteiger partial charge in [0.1, 0.15) is 0 Å². The first-order valence-electron chi connectivity index (χ1n) is 4.33. The molecule has 0 spiro atoms. The molecule has 1 aliphatic rings. The van der Waals surface area contributed by atoms with Gasteiger partial charge in [-0.25, -0.2) is 5.06 Å². The number of hydroxylamine groups is 2. The third-order valence-electron chi connectivity index (χ3n) is 1.83. The van der Waals surface area contributed by atoms with Crippen LogP contribution in [0.4, 0.5) is 13.2 Å². The Balaban J connectivity index is 2.69. The fraction of sp³-hybridized carbons (Fsp3) is 0.500. The van der Waals surface area contributed by atoms with Crippen LogP contribution in [0.25, 0.3) is 0 Å². The topological polar surface area (TPSA) is 67.9 Å². The smallest absolute Gasteiger partial charge is 0.367 e. The van der Waals surface area contributed by atoms with E-state index in [-0.39, 0.29) is 0 Å². The standard InChI is InChI=1S/C8H10F3N3O2/c1-5(8(9,10)11)16-14-3-2-13-4-6(14)7(12)15/h2-6H,1H3,(H2,12,15). The average molecular weight is 237 g/mol. The maximum Gasteiger partial charge on any atom is 0.416 e. The lowest BCUT2D eigenvalue weighted by Gasteiger charge is -2.29. The van der Waals surface area contributed by atoms with Crippen molar-refractivity contribution in [2.24, 2.45) is 10.7 Å². The lowest BCUT2D eigenvalue weighted by atomic mass is 10.3. The largest absolute Gasteiger partial charge is 0.416 e. The molecule has 2 unspecified atom stereocenters. The third kappa shape index (κ3) is 2.96. The van der Waals surface area contributed by atoms with Crippen molar-refractivity contribution >= 4 is 12.1 Å². The van der Waals surface area contributed by atoms with Gasteiger partial charge < -0.3 is 5.73 Å². The molecule has 0 bridgehead atoms. The van der Waals surface area contributed by atoms with Crippen LogP contribution in [0, 0.1) is 0 Å². The van der Waals surface area contributed by atoms with E-state index in [1.54, 1.807) is 0 Å². The minimum absolute atomic E-state index is 0.730. The van der Waals surface area contributed by atoms with Crippen LogP contribution >= 0.6 is 0 Å². The number of carbonyl (C=O) groups excluding carboxylic acids is 1. The number of rotatable bonds is 3. The Bertz CT molecular complexity index is 327. The van der Waals surface area contributed by atoms with Crippen LogP contribution in [-0.4, -0.2) is 35.5 Å². The zero-order valence-corrected chi connectivity index (χ0v) is 8.31. The van der Waals surface area contributed by atoms with E-state index in [9.17, 15) is 18.0 Å². The molecule has 0 aromatic carbocycles. The van der Waals surface area contributed by atoms with E-state index in [1.807, 2.05) is 0 Å². The molecule has 5 nitrogen and oxygen atoms in total. The molecule has 0 aromatic heterocycles. The van der Waals surface area contributed by atoms with Crippen molar-refractivity contribution < 1.29 is 22.8 Å². The Labute approximate surface area is 89.3 Å². The zero-order valence-electron chi connectivity index (χ0n) is 8.31. The SMILES string of the molecule is CC(ON1C=CN=CC1C(N)=O)C(F)(F)F. The van der Waals surface area contributed by atoms with Gasteiger partial charge in [0.2, 0.25) is 5.91 Å². The van der Waals surface area contributed by atoms with Crippen molar-refractivity contribution in [3.63, 3.8) is 0 Å². The monoisotopic (exact) mass is 237 g/mol. The van der Waals surface area contributed by atoms with Gasteiger partial charge in [-0.2, -0.15) is 13.2 Å². The van der Waals surface area contributed by atoms with Crippen LogP contribution in [0.2, 0.25) is 0 Å². The Kier molecular flexibility index (Phi) is 3.53. The van der Waals surface area contributed by atoms with Gasteiger partial charge in [0, 0.05) is 18.6 Å². The van der Waals surface area contributed by atoms with Crippen molar-refractivity contribution in [2.45, 2.75) is 25.2 Å². The van der Waals surface area contributed by atoms with E-state index < -0.39 is 24.2 Å². The first-order chi connectivity index (χ1) is 7.32. The predicted octanol–water partition coefficient (Wildman–Crippen LogP) is 0.580. The highest BCUT2D eigenvalue weighted by atomic mass is 19.4. The van der Waals surface area contributed by atoms with Crippen molar-refractivity contribution in [1.29, 1.82) is 0 Å². The lowest BCUT2D eigenvalue weighted by Crippen LogP contribution is -2.47. The molecular weight excluding hydrogens is 227 g/mol. The molecule has 90 valence electrons. The summed E-state index contributed by atoms with van der Waals surface area (Å²) in [6.07, 6.45) is -3.14. The zero-order chi connectivity index (χ0) is 12.3. The number of carbonyl (C=O) groups is 1. The van der Waals surface area contributed by atoms with Crippen LogP contribution in [0.1, 0.15) is 6.92 Å². The molecule has 0 fully saturated rings. The van der Waals surface area contributed by atoms with Crippen LogP contribution in [0.5, 0.6) is 0 Å². The van der Waals surface area contributed by atoms with Gasteiger partial charge in [-0.05, 0) is 6.92 Å². The quantitative estimate of drug-likeness (QED) is 0.780. The number of primary amides is 1. The summed E-state index contributed by atoms with van der Waals surface area (Å²) in [4.78, 5) is 19.0. The summed E-state index contributed by atoms with van der Waals surface area (Å²) in [5.74, 6) is -0.845. The number of alkyl halides is 3. The predicted molar refractivity (Wildman–Crippen MR) is 49.1 cm³/mol. The summed E-state index contributed by atoms with van der Waals surface area (Å²) in [5, 5.41) is 0.730. The fourth-order valence-electron chi connectivity index (χ4n) is 0.936. The van der Waals surface area contributed by atoms with Gasteiger partial charge in [-0.15, -0.1) is 0 Å². The van der Waals surface area contributed by atoms with E-state index in [0.717, 1.165) is 24.4 Å².